The molecule has 2 fully saturated rings. The molecule has 2 aromatic heterocycles. The van der Waals surface area contributed by atoms with Crippen LogP contribution in [0.25, 0.3) is 11.5 Å². The molecule has 6 heteroatoms. The van der Waals surface area contributed by atoms with E-state index in [4.69, 9.17) is 9.15 Å². The minimum absolute atomic E-state index is 0.0460. The minimum Gasteiger partial charge on any atom is -0.463 e. The number of rotatable bonds is 5. The Morgan fingerprint density at radius 1 is 1.54 bits per heavy atom. The number of amides is 1. The van der Waals surface area contributed by atoms with E-state index in [0.717, 1.165) is 31.6 Å². The lowest BCUT2D eigenvalue weighted by Gasteiger charge is -2.63. The summed E-state index contributed by atoms with van der Waals surface area (Å²) < 4.78 is 11.2. The molecule has 2 atom stereocenters. The van der Waals surface area contributed by atoms with E-state index in [1.807, 2.05) is 31.0 Å². The van der Waals surface area contributed by atoms with Crippen LogP contribution in [0.1, 0.15) is 43.1 Å². The molecule has 24 heavy (non-hydrogen) atoms. The van der Waals surface area contributed by atoms with Crippen LogP contribution in [0.2, 0.25) is 0 Å². The molecule has 0 saturated heterocycles. The Labute approximate surface area is 141 Å². The zero-order valence-corrected chi connectivity index (χ0v) is 14.1. The van der Waals surface area contributed by atoms with E-state index >= 15 is 0 Å². The maximum absolute atomic E-state index is 12.8. The molecule has 2 aromatic rings. The van der Waals surface area contributed by atoms with Crippen LogP contribution in [-0.4, -0.2) is 46.8 Å². The van der Waals surface area contributed by atoms with Crippen LogP contribution in [0.5, 0.6) is 0 Å². The van der Waals surface area contributed by atoms with Crippen molar-refractivity contribution in [1.29, 1.82) is 0 Å². The van der Waals surface area contributed by atoms with E-state index in [0.29, 0.717) is 17.6 Å². The summed E-state index contributed by atoms with van der Waals surface area (Å²) in [6.45, 7) is 2.77. The topological polar surface area (TPSA) is 71.4 Å². The Bertz CT molecular complexity index is 718. The highest BCUT2D eigenvalue weighted by atomic mass is 16.5. The Hall–Kier alpha value is -2.08. The average Bonchev–Trinajstić information content (AvgIpc) is 3.18. The molecule has 4 rings (SSSR count). The summed E-state index contributed by atoms with van der Waals surface area (Å²) in [5.74, 6) is 0.634. The van der Waals surface area contributed by atoms with Crippen molar-refractivity contribution < 1.29 is 13.9 Å². The van der Waals surface area contributed by atoms with Crippen LogP contribution in [0.3, 0.4) is 0 Å². The lowest BCUT2D eigenvalue weighted by Crippen LogP contribution is -2.67. The summed E-state index contributed by atoms with van der Waals surface area (Å²) >= 11 is 0. The van der Waals surface area contributed by atoms with Gasteiger partial charge in [0.25, 0.3) is 5.91 Å². The maximum atomic E-state index is 12.8. The molecule has 6 nitrogen and oxygen atoms in total. The molecular formula is C18H23N3O3. The van der Waals surface area contributed by atoms with Crippen molar-refractivity contribution in [3.63, 3.8) is 0 Å². The smallest absolute Gasteiger partial charge is 0.274 e. The highest BCUT2D eigenvalue weighted by molar-refractivity contribution is 5.93. The Kier molecular flexibility index (Phi) is 3.72. The highest BCUT2D eigenvalue weighted by Gasteiger charge is 2.61. The van der Waals surface area contributed by atoms with Gasteiger partial charge in [-0.25, -0.2) is 0 Å². The standard InChI is InChI=1S/C18H23N3O3/c1-3-23-16-11-15(18(16)7-5-8-18)21(2)17(22)13-10-12(19-20-13)14-6-4-9-24-14/h4,6,9-10,15-16H,3,5,7-8,11H2,1-2H3,(H,19,20)/t15-,16+/m0/s1. The zero-order chi connectivity index (χ0) is 16.7. The van der Waals surface area contributed by atoms with Gasteiger partial charge < -0.3 is 14.1 Å². The molecule has 0 bridgehead atoms. The second-order valence-corrected chi connectivity index (χ2v) is 6.84. The molecule has 2 heterocycles. The summed E-state index contributed by atoms with van der Waals surface area (Å²) in [5.41, 5.74) is 1.31. The van der Waals surface area contributed by atoms with E-state index in [-0.39, 0.29) is 17.4 Å². The normalized spacial score (nSPS) is 24.4. The number of furan rings is 1. The SMILES string of the molecule is CCO[C@@H]1C[C@H](N(C)C(=O)c2cc(-c3ccco3)[nH]n2)C12CCC2. The third kappa shape index (κ3) is 2.20. The molecule has 2 aliphatic carbocycles. The van der Waals surface area contributed by atoms with E-state index in [1.54, 1.807) is 12.3 Å². The summed E-state index contributed by atoms with van der Waals surface area (Å²) in [6.07, 6.45) is 6.36. The van der Waals surface area contributed by atoms with Gasteiger partial charge in [0.15, 0.2) is 11.5 Å². The second-order valence-electron chi connectivity index (χ2n) is 6.84. The third-order valence-electron chi connectivity index (χ3n) is 5.77. The first kappa shape index (κ1) is 15.4. The molecular weight excluding hydrogens is 306 g/mol. The van der Waals surface area contributed by atoms with E-state index < -0.39 is 0 Å². The number of nitrogens with one attached hydrogen (secondary N) is 1. The second kappa shape index (κ2) is 5.77. The van der Waals surface area contributed by atoms with Crippen molar-refractivity contribution in [2.45, 2.75) is 44.8 Å². The summed E-state index contributed by atoms with van der Waals surface area (Å²) in [6, 6.07) is 5.66. The molecule has 0 unspecified atom stereocenters. The third-order valence-corrected chi connectivity index (χ3v) is 5.77. The largest absolute Gasteiger partial charge is 0.463 e. The number of H-pyrrole nitrogens is 1. The lowest BCUT2D eigenvalue weighted by molar-refractivity contribution is -0.192. The maximum Gasteiger partial charge on any atom is 0.274 e. The van der Waals surface area contributed by atoms with Gasteiger partial charge in [-0.2, -0.15) is 5.10 Å². The van der Waals surface area contributed by atoms with Gasteiger partial charge >= 0.3 is 0 Å². The van der Waals surface area contributed by atoms with Gasteiger partial charge in [0.2, 0.25) is 0 Å². The predicted octanol–water partition coefficient (Wildman–Crippen LogP) is 3.09. The van der Waals surface area contributed by atoms with E-state index in [2.05, 4.69) is 10.2 Å². The lowest BCUT2D eigenvalue weighted by atomic mass is 9.50. The van der Waals surface area contributed by atoms with Gasteiger partial charge in [0.05, 0.1) is 12.4 Å². The zero-order valence-electron chi connectivity index (χ0n) is 14.1. The van der Waals surface area contributed by atoms with Crippen LogP contribution in [0, 0.1) is 5.41 Å². The summed E-state index contributed by atoms with van der Waals surface area (Å²) in [7, 11) is 1.89. The van der Waals surface area contributed by atoms with Crippen LogP contribution in [0.15, 0.2) is 28.9 Å². The summed E-state index contributed by atoms with van der Waals surface area (Å²) in [4.78, 5) is 14.7. The first-order valence-corrected chi connectivity index (χ1v) is 8.64. The Morgan fingerprint density at radius 3 is 3.00 bits per heavy atom. The number of nitrogens with zero attached hydrogens (tertiary/aromatic N) is 2. The Balaban J connectivity index is 1.49. The fourth-order valence-electron chi connectivity index (χ4n) is 4.26. The van der Waals surface area contributed by atoms with Crippen molar-refractivity contribution in [3.8, 4) is 11.5 Å². The van der Waals surface area contributed by atoms with Crippen molar-refractivity contribution in [2.24, 2.45) is 5.41 Å². The summed E-state index contributed by atoms with van der Waals surface area (Å²) in [5, 5.41) is 7.05. The number of aromatic amines is 1. The first-order chi connectivity index (χ1) is 11.7. The number of hydrogen-bond acceptors (Lipinski definition) is 4. The quantitative estimate of drug-likeness (QED) is 0.915. The molecule has 2 saturated carbocycles. The van der Waals surface area contributed by atoms with E-state index in [9.17, 15) is 4.79 Å². The van der Waals surface area contributed by atoms with Crippen molar-refractivity contribution in [3.05, 3.63) is 30.2 Å². The van der Waals surface area contributed by atoms with Gasteiger partial charge in [-0.05, 0) is 38.3 Å². The van der Waals surface area contributed by atoms with Crippen molar-refractivity contribution >= 4 is 5.91 Å². The van der Waals surface area contributed by atoms with Gasteiger partial charge in [-0.15, -0.1) is 0 Å². The number of carbonyl (C=O) groups is 1. The number of ether oxygens (including phenoxy) is 1. The molecule has 2 aliphatic rings. The Morgan fingerprint density at radius 2 is 2.38 bits per heavy atom. The van der Waals surface area contributed by atoms with Crippen LogP contribution in [-0.2, 0) is 4.74 Å². The van der Waals surface area contributed by atoms with Crippen LogP contribution >= 0.6 is 0 Å². The van der Waals surface area contributed by atoms with Gasteiger partial charge in [-0.3, -0.25) is 9.89 Å². The molecule has 1 N–H and O–H groups in total. The fourth-order valence-corrected chi connectivity index (χ4v) is 4.26. The van der Waals surface area contributed by atoms with Gasteiger partial charge in [0.1, 0.15) is 5.69 Å². The molecule has 1 amide bonds. The van der Waals surface area contributed by atoms with Crippen molar-refractivity contribution in [1.82, 2.24) is 15.1 Å². The fraction of sp³-hybridized carbons (Fsp3) is 0.556. The monoisotopic (exact) mass is 329 g/mol. The first-order valence-electron chi connectivity index (χ1n) is 8.64. The minimum atomic E-state index is -0.0460. The van der Waals surface area contributed by atoms with E-state index in [1.165, 1.54) is 6.42 Å². The molecule has 0 aromatic carbocycles. The molecule has 0 radical (unpaired) electrons. The van der Waals surface area contributed by atoms with Crippen LogP contribution in [0.4, 0.5) is 0 Å². The van der Waals surface area contributed by atoms with Gasteiger partial charge in [0, 0.05) is 31.2 Å². The molecule has 0 aliphatic heterocycles. The predicted molar refractivity (Wildman–Crippen MR) is 88.5 cm³/mol. The number of hydrogen-bond donors (Lipinski definition) is 1. The molecule has 128 valence electrons. The van der Waals surface area contributed by atoms with Crippen molar-refractivity contribution in [2.75, 3.05) is 13.7 Å². The van der Waals surface area contributed by atoms with Gasteiger partial charge in [-0.1, -0.05) is 6.42 Å². The average molecular weight is 329 g/mol. The number of aromatic nitrogens is 2. The number of carbonyl (C=O) groups excluding carboxylic acids is 1. The highest BCUT2D eigenvalue weighted by Crippen LogP contribution is 2.59. The molecule has 1 spiro atoms. The van der Waals surface area contributed by atoms with Crippen LogP contribution < -0.4 is 0 Å².